The molecule has 5 heteroatoms. The van der Waals surface area contributed by atoms with Crippen LogP contribution in [0, 0.1) is 0 Å². The molecule has 0 fully saturated rings. The first-order valence-corrected chi connectivity index (χ1v) is 6.40. The number of nitrogen functional groups attached to an aromatic ring is 1. The second-order valence-electron chi connectivity index (χ2n) is 3.66. The van der Waals surface area contributed by atoms with Gasteiger partial charge < -0.3 is 5.73 Å². The van der Waals surface area contributed by atoms with Gasteiger partial charge in [0.25, 0.3) is 0 Å². The van der Waals surface area contributed by atoms with Crippen LogP contribution in [0.15, 0.2) is 18.3 Å². The molecule has 2 aromatic heterocycles. The van der Waals surface area contributed by atoms with E-state index in [4.69, 9.17) is 17.3 Å². The normalized spacial score (nSPS) is 12.9. The Morgan fingerprint density at radius 2 is 2.31 bits per heavy atom. The van der Waals surface area contributed by atoms with Gasteiger partial charge in [0.2, 0.25) is 0 Å². The lowest BCUT2D eigenvalue weighted by Crippen LogP contribution is -2.10. The second-order valence-corrected chi connectivity index (χ2v) is 5.26. The monoisotopic (exact) mass is 255 g/mol. The molecule has 0 saturated carbocycles. The fourth-order valence-electron chi connectivity index (χ4n) is 1.59. The predicted molar refractivity (Wildman–Crippen MR) is 69.2 cm³/mol. The Morgan fingerprint density at radius 1 is 1.56 bits per heavy atom. The summed E-state index contributed by atoms with van der Waals surface area (Å²) in [5, 5.41) is 4.71. The van der Waals surface area contributed by atoms with Crippen LogP contribution in [0.25, 0.3) is 0 Å². The average molecular weight is 256 g/mol. The zero-order valence-corrected chi connectivity index (χ0v) is 10.8. The van der Waals surface area contributed by atoms with E-state index < -0.39 is 0 Å². The number of aromatic nitrogens is 2. The smallest absolute Gasteiger partial charge is 0.141 e. The number of nitrogens with zero attached hydrogens (tertiary/aromatic N) is 2. The maximum Gasteiger partial charge on any atom is 0.141 e. The molecule has 0 saturated heterocycles. The van der Waals surface area contributed by atoms with E-state index in [0.717, 1.165) is 6.42 Å². The minimum absolute atomic E-state index is 0.137. The molecule has 2 aromatic rings. The first-order valence-electron chi connectivity index (χ1n) is 5.20. The van der Waals surface area contributed by atoms with E-state index in [1.54, 1.807) is 22.2 Å². The lowest BCUT2D eigenvalue weighted by molar-refractivity contribution is 0.581. The molecule has 3 nitrogen and oxygen atoms in total. The molecule has 0 aliphatic rings. The van der Waals surface area contributed by atoms with Crippen LogP contribution in [0.3, 0.4) is 0 Å². The van der Waals surface area contributed by atoms with E-state index in [2.05, 4.69) is 31.1 Å². The van der Waals surface area contributed by atoms with Crippen LogP contribution in [0.4, 0.5) is 5.82 Å². The highest BCUT2D eigenvalue weighted by Gasteiger charge is 2.15. The molecule has 2 rings (SSSR count). The van der Waals surface area contributed by atoms with Crippen molar-refractivity contribution in [3.8, 4) is 0 Å². The molecule has 0 bridgehead atoms. The van der Waals surface area contributed by atoms with Crippen LogP contribution in [-0.2, 0) is 6.42 Å². The third kappa shape index (κ3) is 1.95. The largest absolute Gasteiger partial charge is 0.383 e. The Hall–Kier alpha value is -1.000. The molecule has 2 N–H and O–H groups in total. The third-order valence-electron chi connectivity index (χ3n) is 2.60. The molecule has 16 heavy (non-hydrogen) atoms. The summed E-state index contributed by atoms with van der Waals surface area (Å²) in [6.07, 6.45) is 2.65. The van der Waals surface area contributed by atoms with Crippen molar-refractivity contribution in [3.63, 3.8) is 0 Å². The van der Waals surface area contributed by atoms with Gasteiger partial charge in [0.1, 0.15) is 10.8 Å². The number of rotatable bonds is 3. The summed E-state index contributed by atoms with van der Waals surface area (Å²) in [6, 6.07) is 4.42. The van der Waals surface area contributed by atoms with Gasteiger partial charge in [-0.25, -0.2) is 4.68 Å². The fourth-order valence-corrected chi connectivity index (χ4v) is 2.71. The molecule has 0 aromatic carbocycles. The molecule has 86 valence electrons. The van der Waals surface area contributed by atoms with Crippen LogP contribution >= 0.6 is 22.9 Å². The standard InChI is InChI=1S/C11H14ClN3S/c1-3-8-4-5-10(16-8)7(2)15-11(13)9(12)6-14-15/h4-7H,3,13H2,1-2H3. The number of hydrogen-bond donors (Lipinski definition) is 1. The van der Waals surface area contributed by atoms with Crippen molar-refractivity contribution < 1.29 is 0 Å². The minimum atomic E-state index is 0.137. The van der Waals surface area contributed by atoms with E-state index in [1.807, 2.05) is 0 Å². The van der Waals surface area contributed by atoms with Gasteiger partial charge in [-0.05, 0) is 25.5 Å². The van der Waals surface area contributed by atoms with Crippen molar-refractivity contribution in [1.29, 1.82) is 0 Å². The number of halogens is 1. The molecule has 1 unspecified atom stereocenters. The number of nitrogens with two attached hydrogens (primary N) is 1. The van der Waals surface area contributed by atoms with Crippen molar-refractivity contribution in [1.82, 2.24) is 9.78 Å². The molecule has 0 aliphatic carbocycles. The Balaban J connectivity index is 2.31. The summed E-state index contributed by atoms with van der Waals surface area (Å²) in [5.41, 5.74) is 5.85. The van der Waals surface area contributed by atoms with E-state index in [1.165, 1.54) is 9.75 Å². The van der Waals surface area contributed by atoms with Crippen LogP contribution in [-0.4, -0.2) is 9.78 Å². The molecule has 0 aliphatic heterocycles. The number of anilines is 1. The summed E-state index contributed by atoms with van der Waals surface area (Å²) in [4.78, 5) is 2.63. The van der Waals surface area contributed by atoms with Crippen molar-refractivity contribution in [2.24, 2.45) is 0 Å². The van der Waals surface area contributed by atoms with Gasteiger partial charge in [0, 0.05) is 9.75 Å². The lowest BCUT2D eigenvalue weighted by Gasteiger charge is -2.11. The minimum Gasteiger partial charge on any atom is -0.383 e. The number of aryl methyl sites for hydroxylation is 1. The highest BCUT2D eigenvalue weighted by atomic mass is 35.5. The van der Waals surface area contributed by atoms with E-state index in [-0.39, 0.29) is 6.04 Å². The fraction of sp³-hybridized carbons (Fsp3) is 0.364. The van der Waals surface area contributed by atoms with Gasteiger partial charge in [-0.3, -0.25) is 0 Å². The van der Waals surface area contributed by atoms with Crippen molar-refractivity contribution in [2.45, 2.75) is 26.3 Å². The molecular weight excluding hydrogens is 242 g/mol. The van der Waals surface area contributed by atoms with E-state index in [0.29, 0.717) is 10.8 Å². The Kier molecular flexibility index (Phi) is 3.21. The van der Waals surface area contributed by atoms with E-state index >= 15 is 0 Å². The summed E-state index contributed by atoms with van der Waals surface area (Å²) in [7, 11) is 0. The molecule has 0 amide bonds. The van der Waals surface area contributed by atoms with Gasteiger partial charge in [0.05, 0.1) is 12.2 Å². The molecule has 1 atom stereocenters. The quantitative estimate of drug-likeness (QED) is 0.914. The molecular formula is C11H14ClN3S. The number of thiophene rings is 1. The SMILES string of the molecule is CCc1ccc(C(C)n2ncc(Cl)c2N)s1. The van der Waals surface area contributed by atoms with Gasteiger partial charge in [-0.2, -0.15) is 5.10 Å². The topological polar surface area (TPSA) is 43.8 Å². The van der Waals surface area contributed by atoms with Gasteiger partial charge >= 0.3 is 0 Å². The summed E-state index contributed by atoms with van der Waals surface area (Å²) >= 11 is 7.68. The molecule has 0 spiro atoms. The first kappa shape index (κ1) is 11.5. The van der Waals surface area contributed by atoms with Crippen LogP contribution in [0.2, 0.25) is 5.02 Å². The number of hydrogen-bond acceptors (Lipinski definition) is 3. The maximum absolute atomic E-state index is 5.89. The molecule has 2 heterocycles. The summed E-state index contributed by atoms with van der Waals surface area (Å²) in [6.45, 7) is 4.23. The Morgan fingerprint density at radius 3 is 2.81 bits per heavy atom. The summed E-state index contributed by atoms with van der Waals surface area (Å²) in [5.74, 6) is 0.528. The van der Waals surface area contributed by atoms with Crippen LogP contribution in [0.5, 0.6) is 0 Å². The predicted octanol–water partition coefficient (Wildman–Crippen LogP) is 3.35. The van der Waals surface area contributed by atoms with Crippen LogP contribution < -0.4 is 5.73 Å². The highest BCUT2D eigenvalue weighted by molar-refractivity contribution is 7.12. The van der Waals surface area contributed by atoms with Crippen molar-refractivity contribution >= 4 is 28.8 Å². The van der Waals surface area contributed by atoms with Crippen molar-refractivity contribution in [2.75, 3.05) is 5.73 Å². The lowest BCUT2D eigenvalue weighted by atomic mass is 10.2. The van der Waals surface area contributed by atoms with Crippen LogP contribution in [0.1, 0.15) is 29.6 Å². The van der Waals surface area contributed by atoms with Gasteiger partial charge in [-0.1, -0.05) is 18.5 Å². The van der Waals surface area contributed by atoms with E-state index in [9.17, 15) is 0 Å². The zero-order chi connectivity index (χ0) is 11.7. The first-order chi connectivity index (χ1) is 7.63. The summed E-state index contributed by atoms with van der Waals surface area (Å²) < 4.78 is 1.76. The molecule has 0 radical (unpaired) electrons. The average Bonchev–Trinajstić information content (AvgIpc) is 2.87. The maximum atomic E-state index is 5.89. The zero-order valence-electron chi connectivity index (χ0n) is 9.27. The Bertz CT molecular complexity index is 489. The highest BCUT2D eigenvalue weighted by Crippen LogP contribution is 2.29. The van der Waals surface area contributed by atoms with Crippen molar-refractivity contribution in [3.05, 3.63) is 33.1 Å². The third-order valence-corrected chi connectivity index (χ3v) is 4.29. The van der Waals surface area contributed by atoms with Gasteiger partial charge in [0.15, 0.2) is 0 Å². The Labute approximate surface area is 104 Å². The van der Waals surface area contributed by atoms with Gasteiger partial charge in [-0.15, -0.1) is 11.3 Å². The second kappa shape index (κ2) is 4.47.